The lowest BCUT2D eigenvalue weighted by Gasteiger charge is -2.11. The van der Waals surface area contributed by atoms with Crippen LogP contribution >= 0.6 is 0 Å². The van der Waals surface area contributed by atoms with E-state index in [0.717, 1.165) is 0 Å². The fraction of sp³-hybridized carbons (Fsp3) is 0.394. The molecule has 0 atom stereocenters. The van der Waals surface area contributed by atoms with Crippen LogP contribution in [0.5, 0.6) is 11.5 Å². The molecule has 0 aliphatic heterocycles. The molecule has 0 unspecified atom stereocenters. The van der Waals surface area contributed by atoms with Crippen LogP contribution in [0.15, 0.2) is 48.5 Å². The number of ether oxygens (including phenoxy) is 8. The van der Waals surface area contributed by atoms with Crippen LogP contribution in [0.1, 0.15) is 52.8 Å². The van der Waals surface area contributed by atoms with Gasteiger partial charge < -0.3 is 47.6 Å². The standard InChI is InChI=1S/C33H34N2O22/c36-26(50-20-30(40)56-24-11-3-1-9-22(24)32(42)52-18-28(38)48-13-5-7-15-54-34(44)45)17-27(37)51-21-31(41)57-25-12-4-2-10-23(25)33(43)53-19-29(39)49-14-6-8-16-55-35(46)47/h1-4,9-12H,5-8,13-21H2. The number of para-hydroxylation sites is 2. The number of carbonyl (C=O) groups excluding carboxylic acids is 8. The number of esters is 8. The minimum absolute atomic E-state index is 0.118. The van der Waals surface area contributed by atoms with Gasteiger partial charge in [-0.2, -0.15) is 0 Å². The summed E-state index contributed by atoms with van der Waals surface area (Å²) in [5, 5.41) is 18.3. The van der Waals surface area contributed by atoms with Gasteiger partial charge in [0.1, 0.15) is 29.0 Å². The minimum Gasteiger partial charge on any atom is -0.463 e. The topological polar surface area (TPSA) is 315 Å². The SMILES string of the molecule is O=C(COC(=O)c1ccccc1OC(=O)COC(=O)CC(=O)OCC(=O)Oc1ccccc1C(=O)OCC(=O)OCCCCO[N+](=O)[O-])OCCCCO[N+](=O)[O-]. The van der Waals surface area contributed by atoms with Crippen LogP contribution in [-0.2, 0) is 66.9 Å². The van der Waals surface area contributed by atoms with Crippen LogP contribution in [0, 0.1) is 20.2 Å². The van der Waals surface area contributed by atoms with E-state index in [1.807, 2.05) is 0 Å². The lowest BCUT2D eigenvalue weighted by molar-refractivity contribution is -0.757. The Labute approximate surface area is 320 Å². The number of rotatable bonds is 26. The van der Waals surface area contributed by atoms with Gasteiger partial charge in [-0.3, -0.25) is 9.59 Å². The molecule has 2 rings (SSSR count). The summed E-state index contributed by atoms with van der Waals surface area (Å²) in [7, 11) is 0. The third kappa shape index (κ3) is 20.0. The normalized spacial score (nSPS) is 10.1. The van der Waals surface area contributed by atoms with Crippen LogP contribution in [0.25, 0.3) is 0 Å². The third-order valence-corrected chi connectivity index (χ3v) is 6.29. The van der Waals surface area contributed by atoms with E-state index in [9.17, 15) is 58.6 Å². The highest BCUT2D eigenvalue weighted by molar-refractivity contribution is 5.96. The first-order valence-corrected chi connectivity index (χ1v) is 16.4. The van der Waals surface area contributed by atoms with Gasteiger partial charge in [0, 0.05) is 0 Å². The molecule has 0 radical (unpaired) electrons. The molecule has 0 saturated heterocycles. The van der Waals surface area contributed by atoms with E-state index in [1.165, 1.54) is 48.5 Å². The monoisotopic (exact) mass is 810 g/mol. The molecule has 0 heterocycles. The summed E-state index contributed by atoms with van der Waals surface area (Å²) < 4.78 is 38.8. The predicted octanol–water partition coefficient (Wildman–Crippen LogP) is 1.05. The lowest BCUT2D eigenvalue weighted by atomic mass is 10.2. The van der Waals surface area contributed by atoms with Crippen molar-refractivity contribution in [1.82, 2.24) is 0 Å². The van der Waals surface area contributed by atoms with Gasteiger partial charge in [0.15, 0.2) is 26.4 Å². The van der Waals surface area contributed by atoms with E-state index in [4.69, 9.17) is 28.4 Å². The molecule has 0 fully saturated rings. The second-order valence-corrected chi connectivity index (χ2v) is 10.6. The fourth-order valence-electron chi connectivity index (χ4n) is 3.80. The molecular weight excluding hydrogens is 776 g/mol. The van der Waals surface area contributed by atoms with Crippen molar-refractivity contribution in [3.63, 3.8) is 0 Å². The van der Waals surface area contributed by atoms with E-state index in [-0.39, 0.29) is 74.7 Å². The Morgan fingerprint density at radius 3 is 1.18 bits per heavy atom. The molecule has 0 spiro atoms. The van der Waals surface area contributed by atoms with E-state index in [2.05, 4.69) is 19.1 Å². The molecule has 0 aliphatic rings. The number of hydrogen-bond donors (Lipinski definition) is 0. The Bertz CT molecular complexity index is 1630. The average molecular weight is 811 g/mol. The first-order chi connectivity index (χ1) is 27.2. The fourth-order valence-corrected chi connectivity index (χ4v) is 3.80. The van der Waals surface area contributed by atoms with E-state index >= 15 is 0 Å². The van der Waals surface area contributed by atoms with Gasteiger partial charge >= 0.3 is 47.8 Å². The van der Waals surface area contributed by atoms with Crippen molar-refractivity contribution in [2.45, 2.75) is 32.1 Å². The molecule has 2 aromatic rings. The summed E-state index contributed by atoms with van der Waals surface area (Å²) in [6, 6.07) is 10.4. The van der Waals surface area contributed by atoms with Gasteiger partial charge in [0.25, 0.3) is 10.2 Å². The van der Waals surface area contributed by atoms with Crippen LogP contribution in [-0.4, -0.2) is 111 Å². The zero-order valence-corrected chi connectivity index (χ0v) is 29.7. The molecule has 24 nitrogen and oxygen atoms in total. The van der Waals surface area contributed by atoms with E-state index < -0.39 is 90.8 Å². The zero-order valence-electron chi connectivity index (χ0n) is 29.7. The summed E-state index contributed by atoms with van der Waals surface area (Å²) in [6.07, 6.45) is -0.111. The molecule has 0 N–H and O–H groups in total. The van der Waals surface area contributed by atoms with Crippen LogP contribution in [0.4, 0.5) is 0 Å². The molecule has 0 bridgehead atoms. The molecule has 0 aromatic heterocycles. The molecule has 24 heteroatoms. The molecule has 57 heavy (non-hydrogen) atoms. The van der Waals surface area contributed by atoms with Crippen molar-refractivity contribution in [2.24, 2.45) is 0 Å². The largest absolute Gasteiger partial charge is 0.463 e. The number of hydrogen-bond acceptors (Lipinski definition) is 22. The number of nitrogens with zero attached hydrogens (tertiary/aromatic N) is 2. The predicted molar refractivity (Wildman–Crippen MR) is 178 cm³/mol. The number of benzene rings is 2. The van der Waals surface area contributed by atoms with E-state index in [0.29, 0.717) is 0 Å². The molecule has 0 saturated carbocycles. The summed E-state index contributed by atoms with van der Waals surface area (Å²) in [5.41, 5.74) is -0.573. The molecule has 2 aromatic carbocycles. The van der Waals surface area contributed by atoms with Gasteiger partial charge in [0.05, 0.1) is 26.4 Å². The maximum absolute atomic E-state index is 12.5. The van der Waals surface area contributed by atoms with Crippen molar-refractivity contribution in [1.29, 1.82) is 0 Å². The molecule has 0 aliphatic carbocycles. The summed E-state index contributed by atoms with van der Waals surface area (Å²) in [5.74, 6) is -9.57. The first kappa shape index (κ1) is 45.8. The molecule has 308 valence electrons. The lowest BCUT2D eigenvalue weighted by Crippen LogP contribution is -2.24. The summed E-state index contributed by atoms with van der Waals surface area (Å²) in [6.45, 7) is -4.28. The van der Waals surface area contributed by atoms with Crippen LogP contribution in [0.3, 0.4) is 0 Å². The first-order valence-electron chi connectivity index (χ1n) is 16.4. The van der Waals surface area contributed by atoms with Gasteiger partial charge in [-0.05, 0) is 49.9 Å². The quantitative estimate of drug-likeness (QED) is 0.0244. The highest BCUT2D eigenvalue weighted by Gasteiger charge is 2.22. The highest BCUT2D eigenvalue weighted by Crippen LogP contribution is 2.20. The average Bonchev–Trinajstić information content (AvgIpc) is 3.17. The van der Waals surface area contributed by atoms with Crippen molar-refractivity contribution in [3.05, 3.63) is 79.9 Å². The number of carbonyl (C=O) groups is 8. The Morgan fingerprint density at radius 2 is 0.789 bits per heavy atom. The van der Waals surface area contributed by atoms with Gasteiger partial charge in [0.2, 0.25) is 0 Å². The van der Waals surface area contributed by atoms with Crippen molar-refractivity contribution in [3.8, 4) is 11.5 Å². The van der Waals surface area contributed by atoms with Crippen LogP contribution < -0.4 is 9.47 Å². The summed E-state index contributed by atoms with van der Waals surface area (Å²) >= 11 is 0. The Balaban J connectivity index is 1.71. The van der Waals surface area contributed by atoms with Gasteiger partial charge in [-0.25, -0.2) is 28.8 Å². The van der Waals surface area contributed by atoms with Gasteiger partial charge in [-0.1, -0.05) is 24.3 Å². The smallest absolute Gasteiger partial charge is 0.349 e. The minimum atomic E-state index is -1.27. The maximum atomic E-state index is 12.5. The maximum Gasteiger partial charge on any atom is 0.349 e. The zero-order chi connectivity index (χ0) is 42.0. The van der Waals surface area contributed by atoms with Crippen molar-refractivity contribution < 1.29 is 96.1 Å². The Kier molecular flexibility index (Phi) is 20.5. The number of unbranched alkanes of at least 4 members (excludes halogenated alkanes) is 2. The van der Waals surface area contributed by atoms with Crippen molar-refractivity contribution in [2.75, 3.05) is 52.9 Å². The van der Waals surface area contributed by atoms with Gasteiger partial charge in [-0.15, -0.1) is 20.2 Å². The second-order valence-electron chi connectivity index (χ2n) is 10.6. The van der Waals surface area contributed by atoms with E-state index in [1.54, 1.807) is 0 Å². The van der Waals surface area contributed by atoms with Crippen molar-refractivity contribution >= 4 is 47.8 Å². The Morgan fingerprint density at radius 1 is 0.439 bits per heavy atom. The third-order valence-electron chi connectivity index (χ3n) is 6.29. The highest BCUT2D eigenvalue weighted by atomic mass is 17.0. The molecule has 0 amide bonds. The van der Waals surface area contributed by atoms with Crippen LogP contribution in [0.2, 0.25) is 0 Å². The molecular formula is C33H34N2O22. The Hall–Kier alpha value is -7.40. The second kappa shape index (κ2) is 25.6. The summed E-state index contributed by atoms with van der Waals surface area (Å²) in [4.78, 5) is 126.